The van der Waals surface area contributed by atoms with Crippen LogP contribution >= 0.6 is 0 Å². The fourth-order valence-electron chi connectivity index (χ4n) is 1.24. The highest BCUT2D eigenvalue weighted by molar-refractivity contribution is 5.90. The number of nitrogens with zero attached hydrogens (tertiary/aromatic N) is 1. The van der Waals surface area contributed by atoms with Gasteiger partial charge < -0.3 is 11.1 Å². The van der Waals surface area contributed by atoms with E-state index in [0.717, 1.165) is 5.56 Å². The van der Waals surface area contributed by atoms with E-state index in [1.54, 1.807) is 12.3 Å². The van der Waals surface area contributed by atoms with Crippen LogP contribution in [0, 0.1) is 12.3 Å². The van der Waals surface area contributed by atoms with Crippen molar-refractivity contribution >= 4 is 11.7 Å². The van der Waals surface area contributed by atoms with Gasteiger partial charge in [-0.2, -0.15) is 0 Å². The van der Waals surface area contributed by atoms with Crippen LogP contribution in [0.4, 0.5) is 5.82 Å². The minimum atomic E-state index is -0.159. The van der Waals surface area contributed by atoms with Crippen molar-refractivity contribution in [2.45, 2.75) is 40.2 Å². The molecule has 0 spiro atoms. The maximum atomic E-state index is 11.7. The SMILES string of the molecule is Cc1ccc(NC(=O)CC(N)C(C)(C)C)nc1. The van der Waals surface area contributed by atoms with Crippen molar-refractivity contribution in [3.8, 4) is 0 Å². The number of rotatable bonds is 3. The molecule has 0 saturated carbocycles. The number of amides is 1. The molecule has 94 valence electrons. The molecule has 0 saturated heterocycles. The van der Waals surface area contributed by atoms with Crippen LogP contribution in [0.15, 0.2) is 18.3 Å². The maximum Gasteiger partial charge on any atom is 0.227 e. The van der Waals surface area contributed by atoms with Crippen molar-refractivity contribution in [1.82, 2.24) is 4.98 Å². The van der Waals surface area contributed by atoms with Crippen LogP contribution in [-0.4, -0.2) is 16.9 Å². The van der Waals surface area contributed by atoms with Crippen LogP contribution in [0.3, 0.4) is 0 Å². The summed E-state index contributed by atoms with van der Waals surface area (Å²) in [5.74, 6) is 0.477. The zero-order valence-corrected chi connectivity index (χ0v) is 10.9. The Morgan fingerprint density at radius 2 is 2.12 bits per heavy atom. The number of pyridine rings is 1. The van der Waals surface area contributed by atoms with Gasteiger partial charge in [-0.25, -0.2) is 4.98 Å². The van der Waals surface area contributed by atoms with Crippen molar-refractivity contribution in [3.05, 3.63) is 23.9 Å². The number of carbonyl (C=O) groups is 1. The molecule has 1 rings (SSSR count). The van der Waals surface area contributed by atoms with E-state index in [1.165, 1.54) is 0 Å². The molecule has 17 heavy (non-hydrogen) atoms. The summed E-state index contributed by atoms with van der Waals surface area (Å²) in [5.41, 5.74) is 6.94. The Kier molecular flexibility index (Phi) is 4.23. The summed E-state index contributed by atoms with van der Waals surface area (Å²) in [4.78, 5) is 15.8. The second-order valence-electron chi connectivity index (χ2n) is 5.45. The lowest BCUT2D eigenvalue weighted by molar-refractivity contribution is -0.117. The highest BCUT2D eigenvalue weighted by atomic mass is 16.1. The first kappa shape index (κ1) is 13.6. The number of aryl methyl sites for hydroxylation is 1. The minimum Gasteiger partial charge on any atom is -0.327 e. The molecule has 0 aromatic carbocycles. The van der Waals surface area contributed by atoms with Crippen LogP contribution in [-0.2, 0) is 4.79 Å². The Balaban J connectivity index is 2.53. The van der Waals surface area contributed by atoms with Gasteiger partial charge in [-0.1, -0.05) is 26.8 Å². The van der Waals surface area contributed by atoms with E-state index in [1.807, 2.05) is 33.8 Å². The van der Waals surface area contributed by atoms with E-state index in [9.17, 15) is 4.79 Å². The monoisotopic (exact) mass is 235 g/mol. The van der Waals surface area contributed by atoms with Crippen molar-refractivity contribution in [3.63, 3.8) is 0 Å². The van der Waals surface area contributed by atoms with Gasteiger partial charge in [0, 0.05) is 18.7 Å². The van der Waals surface area contributed by atoms with Crippen molar-refractivity contribution in [1.29, 1.82) is 0 Å². The molecule has 3 N–H and O–H groups in total. The normalized spacial score (nSPS) is 13.2. The number of nitrogens with one attached hydrogen (secondary N) is 1. The molecule has 0 bridgehead atoms. The molecule has 1 heterocycles. The summed E-state index contributed by atoms with van der Waals surface area (Å²) in [7, 11) is 0. The van der Waals surface area contributed by atoms with Gasteiger partial charge in [0.1, 0.15) is 5.82 Å². The predicted octanol–water partition coefficient (Wildman–Crippen LogP) is 2.09. The number of nitrogens with two attached hydrogens (primary N) is 1. The first-order chi connectivity index (χ1) is 7.79. The molecule has 0 aliphatic rings. The van der Waals surface area contributed by atoms with Crippen LogP contribution in [0.25, 0.3) is 0 Å². The third kappa shape index (κ3) is 4.53. The predicted molar refractivity (Wildman–Crippen MR) is 69.7 cm³/mol. The zero-order chi connectivity index (χ0) is 13.1. The average Bonchev–Trinajstić information content (AvgIpc) is 2.20. The van der Waals surface area contributed by atoms with E-state index in [4.69, 9.17) is 5.73 Å². The van der Waals surface area contributed by atoms with Crippen molar-refractivity contribution < 1.29 is 4.79 Å². The number of aromatic nitrogens is 1. The topological polar surface area (TPSA) is 68.0 Å². The molecule has 0 fully saturated rings. The Bertz CT molecular complexity index is 379. The number of hydrogen-bond donors (Lipinski definition) is 2. The summed E-state index contributed by atoms with van der Waals surface area (Å²) >= 11 is 0. The minimum absolute atomic E-state index is 0.0714. The lowest BCUT2D eigenvalue weighted by Crippen LogP contribution is -2.38. The Labute approximate surface area is 103 Å². The lowest BCUT2D eigenvalue weighted by atomic mass is 9.85. The lowest BCUT2D eigenvalue weighted by Gasteiger charge is -2.26. The molecule has 0 aliphatic heterocycles. The molecule has 4 nitrogen and oxygen atoms in total. The summed E-state index contributed by atoms with van der Waals surface area (Å²) in [6, 6.07) is 3.54. The molecule has 1 amide bonds. The van der Waals surface area contributed by atoms with Gasteiger partial charge >= 0.3 is 0 Å². The number of anilines is 1. The summed E-state index contributed by atoms with van der Waals surface area (Å²) < 4.78 is 0. The molecule has 4 heteroatoms. The van der Waals surface area contributed by atoms with Gasteiger partial charge in [0.05, 0.1) is 0 Å². The van der Waals surface area contributed by atoms with E-state index in [2.05, 4.69) is 10.3 Å². The summed E-state index contributed by atoms with van der Waals surface area (Å²) in [6.45, 7) is 8.02. The maximum absolute atomic E-state index is 11.7. The smallest absolute Gasteiger partial charge is 0.227 e. The summed E-state index contributed by atoms with van der Waals surface area (Å²) in [5, 5.41) is 2.74. The molecule has 1 unspecified atom stereocenters. The zero-order valence-electron chi connectivity index (χ0n) is 10.9. The number of carbonyl (C=O) groups excluding carboxylic acids is 1. The first-order valence-electron chi connectivity index (χ1n) is 5.77. The van der Waals surface area contributed by atoms with Gasteiger partial charge in [-0.05, 0) is 24.0 Å². The highest BCUT2D eigenvalue weighted by Gasteiger charge is 2.23. The Hall–Kier alpha value is -1.42. The van der Waals surface area contributed by atoms with Gasteiger partial charge in [0.15, 0.2) is 0 Å². The molecule has 1 atom stereocenters. The van der Waals surface area contributed by atoms with E-state index >= 15 is 0 Å². The second-order valence-corrected chi connectivity index (χ2v) is 5.45. The van der Waals surface area contributed by atoms with Crippen LogP contribution in [0.2, 0.25) is 0 Å². The third-order valence-corrected chi connectivity index (χ3v) is 2.70. The standard InChI is InChI=1S/C13H21N3O/c1-9-5-6-11(15-8-9)16-12(17)7-10(14)13(2,3)4/h5-6,8,10H,7,14H2,1-4H3,(H,15,16,17). The summed E-state index contributed by atoms with van der Waals surface area (Å²) in [6.07, 6.45) is 2.03. The van der Waals surface area contributed by atoms with Crippen molar-refractivity contribution in [2.75, 3.05) is 5.32 Å². The van der Waals surface area contributed by atoms with Gasteiger partial charge in [-0.15, -0.1) is 0 Å². The quantitative estimate of drug-likeness (QED) is 0.843. The Morgan fingerprint density at radius 3 is 2.59 bits per heavy atom. The van der Waals surface area contributed by atoms with E-state index in [0.29, 0.717) is 12.2 Å². The average molecular weight is 235 g/mol. The molecular formula is C13H21N3O. The van der Waals surface area contributed by atoms with Crippen LogP contribution < -0.4 is 11.1 Å². The highest BCUT2D eigenvalue weighted by Crippen LogP contribution is 2.20. The first-order valence-corrected chi connectivity index (χ1v) is 5.77. The van der Waals surface area contributed by atoms with Gasteiger partial charge in [0.2, 0.25) is 5.91 Å². The fourth-order valence-corrected chi connectivity index (χ4v) is 1.24. The van der Waals surface area contributed by atoms with Crippen molar-refractivity contribution in [2.24, 2.45) is 11.1 Å². The number of hydrogen-bond acceptors (Lipinski definition) is 3. The molecule has 1 aromatic heterocycles. The molecular weight excluding hydrogens is 214 g/mol. The van der Waals surface area contributed by atoms with Crippen LogP contribution in [0.5, 0.6) is 0 Å². The molecule has 0 radical (unpaired) electrons. The van der Waals surface area contributed by atoms with Gasteiger partial charge in [0.25, 0.3) is 0 Å². The van der Waals surface area contributed by atoms with Crippen LogP contribution in [0.1, 0.15) is 32.8 Å². The fraction of sp³-hybridized carbons (Fsp3) is 0.538. The van der Waals surface area contributed by atoms with E-state index in [-0.39, 0.29) is 17.4 Å². The molecule has 1 aromatic rings. The largest absolute Gasteiger partial charge is 0.327 e. The second kappa shape index (κ2) is 5.27. The van der Waals surface area contributed by atoms with E-state index < -0.39 is 0 Å². The molecule has 0 aliphatic carbocycles. The Morgan fingerprint density at radius 1 is 1.47 bits per heavy atom. The van der Waals surface area contributed by atoms with Gasteiger partial charge in [-0.3, -0.25) is 4.79 Å². The third-order valence-electron chi connectivity index (χ3n) is 2.70.